The minimum absolute atomic E-state index is 0.0177. The Morgan fingerprint density at radius 1 is 1.17 bits per heavy atom. The van der Waals surface area contributed by atoms with Crippen LogP contribution in [0.1, 0.15) is 16.7 Å². The molecule has 0 atom stereocenters. The zero-order valence-corrected chi connectivity index (χ0v) is 11.0. The molecule has 94 valence electrons. The Morgan fingerprint density at radius 2 is 1.89 bits per heavy atom. The molecule has 2 aromatic rings. The summed E-state index contributed by atoms with van der Waals surface area (Å²) in [6, 6.07) is 10.0. The van der Waals surface area contributed by atoms with Crippen molar-refractivity contribution in [2.45, 2.75) is 20.4 Å². The lowest BCUT2D eigenvalue weighted by Crippen LogP contribution is -2.24. The number of hydrogen-bond acceptors (Lipinski definition) is 2. The van der Waals surface area contributed by atoms with Crippen molar-refractivity contribution in [3.8, 4) is 11.3 Å². The third kappa shape index (κ3) is 2.09. The lowest BCUT2D eigenvalue weighted by atomic mass is 10.0. The number of aromatic nitrogens is 1. The molecule has 2 N–H and O–H groups in total. The zero-order chi connectivity index (χ0) is 13.3. The van der Waals surface area contributed by atoms with Gasteiger partial charge < -0.3 is 10.3 Å². The average Bonchev–Trinajstić information content (AvgIpc) is 2.36. The summed E-state index contributed by atoms with van der Waals surface area (Å²) >= 11 is 0. The Balaban J connectivity index is 2.69. The zero-order valence-electron chi connectivity index (χ0n) is 11.0. The first-order chi connectivity index (χ1) is 8.54. The first kappa shape index (κ1) is 12.6. The van der Waals surface area contributed by atoms with Gasteiger partial charge >= 0.3 is 0 Å². The highest BCUT2D eigenvalue weighted by Crippen LogP contribution is 2.23. The highest BCUT2D eigenvalue weighted by molar-refractivity contribution is 5.65. The van der Waals surface area contributed by atoms with Crippen molar-refractivity contribution in [2.75, 3.05) is 0 Å². The van der Waals surface area contributed by atoms with E-state index in [1.807, 2.05) is 12.1 Å². The molecule has 0 bridgehead atoms. The van der Waals surface area contributed by atoms with E-state index in [0.717, 1.165) is 16.8 Å². The van der Waals surface area contributed by atoms with Crippen LogP contribution in [-0.4, -0.2) is 4.57 Å². The molecule has 1 aromatic heterocycles. The fourth-order valence-corrected chi connectivity index (χ4v) is 2.13. The number of pyridine rings is 1. The second kappa shape index (κ2) is 4.78. The van der Waals surface area contributed by atoms with E-state index in [9.17, 15) is 4.79 Å². The first-order valence-corrected chi connectivity index (χ1v) is 6.01. The molecule has 0 radical (unpaired) electrons. The van der Waals surface area contributed by atoms with E-state index in [2.05, 4.69) is 32.0 Å². The molecule has 0 amide bonds. The second-order valence-corrected chi connectivity index (χ2v) is 4.63. The van der Waals surface area contributed by atoms with Gasteiger partial charge in [0.25, 0.3) is 5.56 Å². The number of hydrogen-bond donors (Lipinski definition) is 1. The quantitative estimate of drug-likeness (QED) is 0.877. The second-order valence-electron chi connectivity index (χ2n) is 4.63. The van der Waals surface area contributed by atoms with Gasteiger partial charge in [0, 0.05) is 24.7 Å². The molecule has 0 unspecified atom stereocenters. The Bertz CT molecular complexity index is 641. The van der Waals surface area contributed by atoms with E-state index in [4.69, 9.17) is 5.73 Å². The van der Waals surface area contributed by atoms with E-state index in [1.54, 1.807) is 11.6 Å². The van der Waals surface area contributed by atoms with Crippen LogP contribution in [0.15, 0.2) is 35.1 Å². The third-order valence-electron chi connectivity index (χ3n) is 3.27. The van der Waals surface area contributed by atoms with Crippen molar-refractivity contribution in [3.05, 3.63) is 57.4 Å². The van der Waals surface area contributed by atoms with Crippen LogP contribution in [-0.2, 0) is 13.6 Å². The normalized spacial score (nSPS) is 10.7. The van der Waals surface area contributed by atoms with Crippen molar-refractivity contribution in [2.24, 2.45) is 12.8 Å². The van der Waals surface area contributed by atoms with E-state index in [0.29, 0.717) is 5.56 Å². The molecule has 0 spiro atoms. The van der Waals surface area contributed by atoms with Crippen LogP contribution in [0.5, 0.6) is 0 Å². The van der Waals surface area contributed by atoms with Crippen molar-refractivity contribution in [1.82, 2.24) is 4.57 Å². The topological polar surface area (TPSA) is 48.0 Å². The SMILES string of the molecule is Cc1ccc(C)c(-c2ccc(CN)c(=O)n2C)c1. The Morgan fingerprint density at radius 3 is 2.56 bits per heavy atom. The summed E-state index contributed by atoms with van der Waals surface area (Å²) in [6.45, 7) is 4.38. The van der Waals surface area contributed by atoms with Crippen LogP contribution in [0.4, 0.5) is 0 Å². The summed E-state index contributed by atoms with van der Waals surface area (Å²) in [4.78, 5) is 12.1. The maximum Gasteiger partial charge on any atom is 0.255 e. The van der Waals surface area contributed by atoms with Gasteiger partial charge in [-0.3, -0.25) is 4.79 Å². The van der Waals surface area contributed by atoms with Crippen molar-refractivity contribution in [3.63, 3.8) is 0 Å². The standard InChI is InChI=1S/C15H18N2O/c1-10-4-5-11(2)13(8-10)14-7-6-12(9-16)15(18)17(14)3/h4-8H,9,16H2,1-3H3. The number of benzene rings is 1. The summed E-state index contributed by atoms with van der Waals surface area (Å²) in [7, 11) is 1.79. The molecular weight excluding hydrogens is 224 g/mol. The third-order valence-corrected chi connectivity index (χ3v) is 3.27. The van der Waals surface area contributed by atoms with E-state index in [1.165, 1.54) is 5.56 Å². The highest BCUT2D eigenvalue weighted by atomic mass is 16.1. The number of nitrogens with zero attached hydrogens (tertiary/aromatic N) is 1. The number of rotatable bonds is 2. The van der Waals surface area contributed by atoms with Gasteiger partial charge in [-0.1, -0.05) is 23.8 Å². The summed E-state index contributed by atoms with van der Waals surface area (Å²) < 4.78 is 1.67. The molecule has 3 heteroatoms. The molecule has 0 aliphatic rings. The van der Waals surface area contributed by atoms with Gasteiger partial charge in [0.1, 0.15) is 0 Å². The summed E-state index contributed by atoms with van der Waals surface area (Å²) in [5, 5.41) is 0. The lowest BCUT2D eigenvalue weighted by Gasteiger charge is -2.13. The number of nitrogens with two attached hydrogens (primary N) is 1. The summed E-state index contributed by atoms with van der Waals surface area (Å²) in [6.07, 6.45) is 0. The van der Waals surface area contributed by atoms with Gasteiger partial charge in [-0.25, -0.2) is 0 Å². The predicted molar refractivity (Wildman–Crippen MR) is 74.5 cm³/mol. The minimum Gasteiger partial charge on any atom is -0.326 e. The summed E-state index contributed by atoms with van der Waals surface area (Å²) in [5.74, 6) is 0. The molecule has 0 saturated carbocycles. The van der Waals surface area contributed by atoms with Gasteiger partial charge in [-0.15, -0.1) is 0 Å². The van der Waals surface area contributed by atoms with Crippen LogP contribution in [0.2, 0.25) is 0 Å². The minimum atomic E-state index is -0.0177. The molecule has 1 heterocycles. The van der Waals surface area contributed by atoms with E-state index >= 15 is 0 Å². The van der Waals surface area contributed by atoms with Crippen LogP contribution in [0.25, 0.3) is 11.3 Å². The molecule has 0 aliphatic carbocycles. The van der Waals surface area contributed by atoms with Crippen LogP contribution >= 0.6 is 0 Å². The Labute approximate surface area is 107 Å². The van der Waals surface area contributed by atoms with Crippen LogP contribution in [0, 0.1) is 13.8 Å². The Kier molecular flexibility index (Phi) is 3.34. The van der Waals surface area contributed by atoms with Gasteiger partial charge in [0.05, 0.1) is 5.69 Å². The Hall–Kier alpha value is -1.87. The fraction of sp³-hybridized carbons (Fsp3) is 0.267. The predicted octanol–water partition coefficient (Wildman–Crippen LogP) is 2.13. The van der Waals surface area contributed by atoms with Crippen molar-refractivity contribution < 1.29 is 0 Å². The highest BCUT2D eigenvalue weighted by Gasteiger charge is 2.08. The monoisotopic (exact) mass is 242 g/mol. The molecular formula is C15H18N2O. The molecule has 0 aliphatic heterocycles. The molecule has 18 heavy (non-hydrogen) atoms. The maximum absolute atomic E-state index is 12.1. The van der Waals surface area contributed by atoms with Gasteiger partial charge in [-0.05, 0) is 31.5 Å². The average molecular weight is 242 g/mol. The van der Waals surface area contributed by atoms with E-state index in [-0.39, 0.29) is 12.1 Å². The van der Waals surface area contributed by atoms with Gasteiger partial charge in [-0.2, -0.15) is 0 Å². The molecule has 0 fully saturated rings. The van der Waals surface area contributed by atoms with Crippen LogP contribution < -0.4 is 11.3 Å². The van der Waals surface area contributed by atoms with Crippen LogP contribution in [0.3, 0.4) is 0 Å². The summed E-state index contributed by atoms with van der Waals surface area (Å²) in [5.41, 5.74) is 10.5. The van der Waals surface area contributed by atoms with Gasteiger partial charge in [0.15, 0.2) is 0 Å². The van der Waals surface area contributed by atoms with Crippen molar-refractivity contribution >= 4 is 0 Å². The largest absolute Gasteiger partial charge is 0.326 e. The lowest BCUT2D eigenvalue weighted by molar-refractivity contribution is 0.838. The molecule has 0 saturated heterocycles. The number of aryl methyl sites for hydroxylation is 2. The van der Waals surface area contributed by atoms with Crippen molar-refractivity contribution in [1.29, 1.82) is 0 Å². The molecule has 2 rings (SSSR count). The first-order valence-electron chi connectivity index (χ1n) is 6.01. The maximum atomic E-state index is 12.1. The smallest absolute Gasteiger partial charge is 0.255 e. The fourth-order valence-electron chi connectivity index (χ4n) is 2.13. The molecule has 1 aromatic carbocycles. The van der Waals surface area contributed by atoms with E-state index < -0.39 is 0 Å². The van der Waals surface area contributed by atoms with Gasteiger partial charge in [0.2, 0.25) is 0 Å². The molecule has 3 nitrogen and oxygen atoms in total.